The van der Waals surface area contributed by atoms with Crippen LogP contribution in [0.4, 0.5) is 18.9 Å². The number of hydrogen-bond acceptors (Lipinski definition) is 2. The maximum absolute atomic E-state index is 12.6. The summed E-state index contributed by atoms with van der Waals surface area (Å²) in [6.07, 6.45) is -4.53. The van der Waals surface area contributed by atoms with Crippen LogP contribution in [-0.4, -0.2) is 15.7 Å². The van der Waals surface area contributed by atoms with Gasteiger partial charge in [-0.3, -0.25) is 9.48 Å². The number of rotatable bonds is 3. The van der Waals surface area contributed by atoms with Crippen LogP contribution < -0.4 is 5.32 Å². The third-order valence-corrected chi connectivity index (χ3v) is 3.27. The first-order valence-electron chi connectivity index (χ1n) is 6.34. The second-order valence-corrected chi connectivity index (χ2v) is 5.27. The van der Waals surface area contributed by atoms with Gasteiger partial charge in [-0.1, -0.05) is 17.7 Å². The lowest BCUT2D eigenvalue weighted by atomic mass is 10.2. The summed E-state index contributed by atoms with van der Waals surface area (Å²) >= 11 is 5.85. The average Bonchev–Trinajstić information content (AvgIpc) is 2.75. The Morgan fingerprint density at radius 1 is 1.32 bits per heavy atom. The minimum absolute atomic E-state index is 0.255. The van der Waals surface area contributed by atoms with Gasteiger partial charge in [0.15, 0.2) is 5.69 Å². The van der Waals surface area contributed by atoms with Crippen molar-refractivity contribution in [3.8, 4) is 0 Å². The van der Waals surface area contributed by atoms with E-state index in [0.717, 1.165) is 16.3 Å². The zero-order valence-corrected chi connectivity index (χ0v) is 12.6. The van der Waals surface area contributed by atoms with Gasteiger partial charge in [-0.15, -0.1) is 0 Å². The fourth-order valence-electron chi connectivity index (χ4n) is 1.86. The standard InChI is InChI=1S/C14H13ClF3N3O/c1-8-3-4-10(15)6-11(8)19-13(22)7-21-9(2)5-12(20-21)14(16,17)18/h3-6H,7H2,1-2H3,(H,19,22). The molecule has 2 aromatic rings. The summed E-state index contributed by atoms with van der Waals surface area (Å²) in [5.41, 5.74) is 0.547. The van der Waals surface area contributed by atoms with Crippen molar-refractivity contribution in [2.45, 2.75) is 26.6 Å². The number of halogens is 4. The van der Waals surface area contributed by atoms with Gasteiger partial charge in [-0.05, 0) is 37.6 Å². The van der Waals surface area contributed by atoms with Gasteiger partial charge in [0.2, 0.25) is 5.91 Å². The minimum Gasteiger partial charge on any atom is -0.324 e. The third kappa shape index (κ3) is 3.79. The molecule has 0 radical (unpaired) electrons. The maximum atomic E-state index is 12.6. The molecule has 0 unspecified atom stereocenters. The molecule has 0 aliphatic heterocycles. The predicted molar refractivity (Wildman–Crippen MR) is 76.8 cm³/mol. The number of hydrogen-bond donors (Lipinski definition) is 1. The molecule has 4 nitrogen and oxygen atoms in total. The van der Waals surface area contributed by atoms with Crippen molar-refractivity contribution >= 4 is 23.2 Å². The summed E-state index contributed by atoms with van der Waals surface area (Å²) in [6, 6.07) is 5.89. The molecule has 0 aliphatic rings. The summed E-state index contributed by atoms with van der Waals surface area (Å²) in [6.45, 7) is 2.93. The van der Waals surface area contributed by atoms with Crippen LogP contribution in [0.25, 0.3) is 0 Å². The molecular formula is C14H13ClF3N3O. The second kappa shape index (κ2) is 6.00. The Kier molecular flexibility index (Phi) is 4.46. The van der Waals surface area contributed by atoms with Crippen LogP contribution >= 0.6 is 11.6 Å². The molecule has 22 heavy (non-hydrogen) atoms. The molecule has 0 saturated heterocycles. The summed E-state index contributed by atoms with van der Waals surface area (Å²) in [4.78, 5) is 12.0. The molecular weight excluding hydrogens is 319 g/mol. The summed E-state index contributed by atoms with van der Waals surface area (Å²) in [5.74, 6) is -0.481. The number of carbonyl (C=O) groups is 1. The topological polar surface area (TPSA) is 46.9 Å². The Balaban J connectivity index is 2.13. The van der Waals surface area contributed by atoms with Crippen LogP contribution in [0.15, 0.2) is 24.3 Å². The van der Waals surface area contributed by atoms with E-state index in [9.17, 15) is 18.0 Å². The van der Waals surface area contributed by atoms with Crippen molar-refractivity contribution in [2.75, 3.05) is 5.32 Å². The first-order chi connectivity index (χ1) is 10.2. The van der Waals surface area contributed by atoms with Gasteiger partial charge >= 0.3 is 6.18 Å². The molecule has 1 aromatic heterocycles. The molecule has 0 bridgehead atoms. The van der Waals surface area contributed by atoms with E-state index < -0.39 is 17.8 Å². The van der Waals surface area contributed by atoms with Gasteiger partial charge in [-0.2, -0.15) is 18.3 Å². The SMILES string of the molecule is Cc1ccc(Cl)cc1NC(=O)Cn1nc(C(F)(F)F)cc1C. The van der Waals surface area contributed by atoms with E-state index in [0.29, 0.717) is 10.7 Å². The van der Waals surface area contributed by atoms with Gasteiger partial charge in [0.05, 0.1) is 0 Å². The quantitative estimate of drug-likeness (QED) is 0.929. The van der Waals surface area contributed by atoms with E-state index in [4.69, 9.17) is 11.6 Å². The molecule has 1 amide bonds. The number of aromatic nitrogens is 2. The first-order valence-corrected chi connectivity index (χ1v) is 6.72. The molecule has 0 saturated carbocycles. The molecule has 118 valence electrons. The molecule has 8 heteroatoms. The number of amides is 1. The second-order valence-electron chi connectivity index (χ2n) is 4.83. The molecule has 0 fully saturated rings. The summed E-state index contributed by atoms with van der Waals surface area (Å²) < 4.78 is 38.7. The largest absolute Gasteiger partial charge is 0.435 e. The van der Waals surface area contributed by atoms with Crippen molar-refractivity contribution in [1.29, 1.82) is 0 Å². The number of nitrogens with zero attached hydrogens (tertiary/aromatic N) is 2. The molecule has 0 atom stereocenters. The lowest BCUT2D eigenvalue weighted by Gasteiger charge is -2.09. The number of nitrogens with one attached hydrogen (secondary N) is 1. The normalized spacial score (nSPS) is 11.5. The number of aryl methyl sites for hydroxylation is 2. The zero-order chi connectivity index (χ0) is 16.5. The van der Waals surface area contributed by atoms with Crippen molar-refractivity contribution in [1.82, 2.24) is 9.78 Å². The highest BCUT2D eigenvalue weighted by Crippen LogP contribution is 2.28. The number of anilines is 1. The highest BCUT2D eigenvalue weighted by Gasteiger charge is 2.34. The summed E-state index contributed by atoms with van der Waals surface area (Å²) in [7, 11) is 0. The lowest BCUT2D eigenvalue weighted by Crippen LogP contribution is -2.21. The van der Waals surface area contributed by atoms with Crippen LogP contribution in [-0.2, 0) is 17.5 Å². The Labute approximate surface area is 129 Å². The monoisotopic (exact) mass is 331 g/mol. The van der Waals surface area contributed by atoms with Gasteiger partial charge < -0.3 is 5.32 Å². The highest BCUT2D eigenvalue weighted by atomic mass is 35.5. The van der Waals surface area contributed by atoms with Crippen LogP contribution in [0, 0.1) is 13.8 Å². The van der Waals surface area contributed by atoms with Gasteiger partial charge in [0.1, 0.15) is 6.54 Å². The number of benzene rings is 1. The molecule has 1 N–H and O–H groups in total. The fraction of sp³-hybridized carbons (Fsp3) is 0.286. The van der Waals surface area contributed by atoms with Crippen molar-refractivity contribution in [3.63, 3.8) is 0 Å². The van der Waals surface area contributed by atoms with Crippen molar-refractivity contribution in [2.24, 2.45) is 0 Å². The van der Waals surface area contributed by atoms with Crippen LogP contribution in [0.3, 0.4) is 0 Å². The van der Waals surface area contributed by atoms with E-state index in [1.807, 2.05) is 0 Å². The van der Waals surface area contributed by atoms with Gasteiger partial charge in [0, 0.05) is 16.4 Å². The van der Waals surface area contributed by atoms with E-state index in [2.05, 4.69) is 10.4 Å². The minimum atomic E-state index is -4.53. The van der Waals surface area contributed by atoms with Gasteiger partial charge in [-0.25, -0.2) is 0 Å². The zero-order valence-electron chi connectivity index (χ0n) is 11.8. The van der Waals surface area contributed by atoms with Gasteiger partial charge in [0.25, 0.3) is 0 Å². The van der Waals surface area contributed by atoms with E-state index in [1.165, 1.54) is 6.92 Å². The molecule has 1 heterocycles. The summed E-state index contributed by atoms with van der Waals surface area (Å²) in [5, 5.41) is 6.47. The molecule has 0 aliphatic carbocycles. The molecule has 0 spiro atoms. The van der Waals surface area contributed by atoms with Crippen LogP contribution in [0.2, 0.25) is 5.02 Å². The average molecular weight is 332 g/mol. The van der Waals surface area contributed by atoms with Crippen LogP contribution in [0.1, 0.15) is 17.0 Å². The predicted octanol–water partition coefficient (Wildman–Crippen LogP) is 3.81. The molecule has 1 aromatic carbocycles. The molecule has 2 rings (SSSR count). The Morgan fingerprint density at radius 3 is 2.59 bits per heavy atom. The highest BCUT2D eigenvalue weighted by molar-refractivity contribution is 6.31. The van der Waals surface area contributed by atoms with E-state index in [1.54, 1.807) is 25.1 Å². The Morgan fingerprint density at radius 2 is 2.00 bits per heavy atom. The van der Waals surface area contributed by atoms with Crippen LogP contribution in [0.5, 0.6) is 0 Å². The Bertz CT molecular complexity index is 710. The fourth-order valence-corrected chi connectivity index (χ4v) is 2.04. The lowest BCUT2D eigenvalue weighted by molar-refractivity contribution is -0.141. The van der Waals surface area contributed by atoms with Crippen molar-refractivity contribution < 1.29 is 18.0 Å². The van der Waals surface area contributed by atoms with E-state index >= 15 is 0 Å². The van der Waals surface area contributed by atoms with Crippen molar-refractivity contribution in [3.05, 3.63) is 46.2 Å². The Hall–Kier alpha value is -2.02. The maximum Gasteiger partial charge on any atom is 0.435 e. The smallest absolute Gasteiger partial charge is 0.324 e. The van der Waals surface area contributed by atoms with E-state index in [-0.39, 0.29) is 12.2 Å². The number of carbonyl (C=O) groups excluding carboxylic acids is 1. The first kappa shape index (κ1) is 16.4. The third-order valence-electron chi connectivity index (χ3n) is 3.04. The number of alkyl halides is 3.